The second-order valence-electron chi connectivity index (χ2n) is 3.11. The van der Waals surface area contributed by atoms with Crippen LogP contribution in [0.2, 0.25) is 0 Å². The van der Waals surface area contributed by atoms with Crippen LogP contribution in [0.4, 0.5) is 17.3 Å². The van der Waals surface area contributed by atoms with E-state index in [9.17, 15) is 17.3 Å². The molecule has 1 nitrogen and oxygen atoms in total. The maximum absolute atomic E-state index is 13.0. The zero-order valence-corrected chi connectivity index (χ0v) is 12.3. The fourth-order valence-electron chi connectivity index (χ4n) is 1.05. The van der Waals surface area contributed by atoms with E-state index >= 15 is 0 Å². The summed E-state index contributed by atoms with van der Waals surface area (Å²) in [7, 11) is 0. The third-order valence-electron chi connectivity index (χ3n) is 1.79. The van der Waals surface area contributed by atoms with E-state index in [4.69, 9.17) is 4.74 Å². The summed E-state index contributed by atoms with van der Waals surface area (Å²) in [6.07, 6.45) is 0.612. The molecule has 0 aliphatic rings. The van der Waals surface area contributed by atoms with E-state index in [1.54, 1.807) is 6.92 Å². The largest absolute Gasteiger partial charge is 1.00 e. The molecule has 0 radical (unpaired) electrons. The number of ether oxygens (including phenoxy) is 1. The van der Waals surface area contributed by atoms with Crippen molar-refractivity contribution in [1.29, 1.82) is 0 Å². The predicted octanol–water partition coefficient (Wildman–Crippen LogP) is -0.327. The molecule has 0 amide bonds. The van der Waals surface area contributed by atoms with Crippen molar-refractivity contribution in [3.05, 3.63) is 24.0 Å². The molecule has 0 saturated heterocycles. The molecule has 1 aromatic rings. The van der Waals surface area contributed by atoms with Crippen molar-refractivity contribution in [3.63, 3.8) is 0 Å². The average Bonchev–Trinajstić information content (AvgIpc) is 2.15. The van der Waals surface area contributed by atoms with Crippen LogP contribution < -0.4 is 61.6 Å². The Balaban J connectivity index is 0.00000225. The average molecular weight is 260 g/mol. The van der Waals surface area contributed by atoms with E-state index in [-0.39, 0.29) is 63.7 Å². The predicted molar refractivity (Wildman–Crippen MR) is 50.9 cm³/mol. The van der Waals surface area contributed by atoms with E-state index < -0.39 is 18.3 Å². The molecule has 0 atom stereocenters. The van der Waals surface area contributed by atoms with Crippen LogP contribution in [-0.2, 0) is 0 Å². The maximum Gasteiger partial charge on any atom is 1.00 e. The second kappa shape index (κ2) is 7.00. The van der Waals surface area contributed by atoms with Gasteiger partial charge in [0.15, 0.2) is 11.6 Å². The fourth-order valence-corrected chi connectivity index (χ4v) is 1.05. The van der Waals surface area contributed by atoms with Crippen LogP contribution in [-0.4, -0.2) is 13.6 Å². The Labute approximate surface area is 134 Å². The van der Waals surface area contributed by atoms with Gasteiger partial charge in [0.1, 0.15) is 0 Å². The molecule has 0 saturated carbocycles. The van der Waals surface area contributed by atoms with Gasteiger partial charge < -0.3 is 17.7 Å². The van der Waals surface area contributed by atoms with E-state index in [0.717, 1.165) is 6.07 Å². The molecule has 0 spiro atoms. The maximum atomic E-state index is 13.0. The molecular formula is C9H10BF4KO. The normalized spacial score (nSPS) is 10.8. The minimum Gasteiger partial charge on any atom is -0.491 e. The zero-order valence-electron chi connectivity index (χ0n) is 9.14. The Hall–Kier alpha value is 0.441. The van der Waals surface area contributed by atoms with Gasteiger partial charge in [-0.1, -0.05) is 13.0 Å². The topological polar surface area (TPSA) is 9.23 Å². The van der Waals surface area contributed by atoms with Crippen LogP contribution >= 0.6 is 0 Å². The first kappa shape index (κ1) is 16.4. The fraction of sp³-hybridized carbons (Fsp3) is 0.333. The number of benzene rings is 1. The van der Waals surface area contributed by atoms with Crippen molar-refractivity contribution >= 4 is 12.4 Å². The minimum atomic E-state index is -5.10. The van der Waals surface area contributed by atoms with E-state index in [2.05, 4.69) is 0 Å². The summed E-state index contributed by atoms with van der Waals surface area (Å²) in [5.41, 5.74) is -0.845. The molecule has 0 unspecified atom stereocenters. The van der Waals surface area contributed by atoms with Crippen molar-refractivity contribution < 1.29 is 73.5 Å². The van der Waals surface area contributed by atoms with Gasteiger partial charge in [-0.25, -0.2) is 4.39 Å². The van der Waals surface area contributed by atoms with Gasteiger partial charge in [-0.3, -0.25) is 0 Å². The summed E-state index contributed by atoms with van der Waals surface area (Å²) < 4.78 is 54.8. The van der Waals surface area contributed by atoms with Crippen molar-refractivity contribution in [2.24, 2.45) is 0 Å². The Bertz CT molecular complexity index is 343. The van der Waals surface area contributed by atoms with Gasteiger partial charge in [-0.05, 0) is 18.6 Å². The van der Waals surface area contributed by atoms with Crippen molar-refractivity contribution in [1.82, 2.24) is 0 Å². The second-order valence-corrected chi connectivity index (χ2v) is 3.11. The first-order valence-corrected chi connectivity index (χ1v) is 4.57. The number of rotatable bonds is 4. The van der Waals surface area contributed by atoms with Crippen LogP contribution in [0.3, 0.4) is 0 Å². The molecule has 1 rings (SSSR count). The van der Waals surface area contributed by atoms with Crippen molar-refractivity contribution in [2.45, 2.75) is 13.3 Å². The quantitative estimate of drug-likeness (QED) is 0.532. The third-order valence-corrected chi connectivity index (χ3v) is 1.79. The van der Waals surface area contributed by atoms with Gasteiger partial charge in [0.2, 0.25) is 0 Å². The molecule has 1 aromatic carbocycles. The summed E-state index contributed by atoms with van der Waals surface area (Å²) in [6.45, 7) is -3.12. The number of hydrogen-bond acceptors (Lipinski definition) is 1. The molecule has 0 aromatic heterocycles. The Kier molecular flexibility index (Phi) is 7.20. The van der Waals surface area contributed by atoms with Crippen LogP contribution in [0, 0.1) is 5.82 Å². The van der Waals surface area contributed by atoms with Gasteiger partial charge in [-0.2, -0.15) is 0 Å². The molecule has 0 fully saturated rings. The molecule has 0 N–H and O–H groups in total. The summed E-state index contributed by atoms with van der Waals surface area (Å²) in [5.74, 6) is -1.11. The molecule has 0 heterocycles. The SMILES string of the molecule is CCCOc1cc([B-](F)(F)F)ccc1F.[K+]. The first-order valence-electron chi connectivity index (χ1n) is 4.57. The van der Waals surface area contributed by atoms with Gasteiger partial charge in [-0.15, -0.1) is 5.46 Å². The van der Waals surface area contributed by atoms with Gasteiger partial charge in [0, 0.05) is 0 Å². The van der Waals surface area contributed by atoms with Crippen LogP contribution in [0.1, 0.15) is 13.3 Å². The first-order chi connectivity index (χ1) is 6.95. The van der Waals surface area contributed by atoms with Crippen LogP contribution in [0.25, 0.3) is 0 Å². The number of hydrogen-bond donors (Lipinski definition) is 0. The van der Waals surface area contributed by atoms with E-state index in [0.29, 0.717) is 18.6 Å². The Morgan fingerprint density at radius 3 is 2.38 bits per heavy atom. The third kappa shape index (κ3) is 4.75. The van der Waals surface area contributed by atoms with Crippen molar-refractivity contribution in [2.75, 3.05) is 6.61 Å². The zero-order chi connectivity index (χ0) is 11.5. The van der Waals surface area contributed by atoms with Gasteiger partial charge in [0.25, 0.3) is 0 Å². The van der Waals surface area contributed by atoms with Gasteiger partial charge >= 0.3 is 58.4 Å². The summed E-state index contributed by atoms with van der Waals surface area (Å²) in [5, 5.41) is 0. The monoisotopic (exact) mass is 260 g/mol. The summed E-state index contributed by atoms with van der Waals surface area (Å²) in [6, 6.07) is 2.19. The molecule has 84 valence electrons. The Morgan fingerprint density at radius 1 is 1.25 bits per heavy atom. The molecule has 0 bridgehead atoms. The molecule has 0 aliphatic carbocycles. The van der Waals surface area contributed by atoms with Crippen LogP contribution in [0.5, 0.6) is 5.75 Å². The smallest absolute Gasteiger partial charge is 0.491 e. The summed E-state index contributed by atoms with van der Waals surface area (Å²) in [4.78, 5) is 0. The Morgan fingerprint density at radius 2 is 1.88 bits per heavy atom. The number of halogens is 4. The molecule has 16 heavy (non-hydrogen) atoms. The van der Waals surface area contributed by atoms with Crippen LogP contribution in [0.15, 0.2) is 18.2 Å². The van der Waals surface area contributed by atoms with Gasteiger partial charge in [0.05, 0.1) is 6.61 Å². The molecule has 0 aliphatic heterocycles. The molecule has 7 heteroatoms. The molecular weight excluding hydrogens is 250 g/mol. The standard InChI is InChI=1S/C9H10BF4O.K/c1-2-5-15-9-6-7(10(12,13)14)3-4-8(9)11;/h3-4,6H,2,5H2,1H3;/q-1;+1. The van der Waals surface area contributed by atoms with Crippen molar-refractivity contribution in [3.8, 4) is 5.75 Å². The van der Waals surface area contributed by atoms with E-state index in [1.165, 1.54) is 0 Å². The summed E-state index contributed by atoms with van der Waals surface area (Å²) >= 11 is 0. The minimum absolute atomic E-state index is 0. The van der Waals surface area contributed by atoms with E-state index in [1.807, 2.05) is 0 Å².